The number of hydrogen-bond donors (Lipinski definition) is 2. The Labute approximate surface area is 132 Å². The molecule has 3 N–H and O–H groups in total. The number of sulfonamides is 1. The molecule has 0 bridgehead atoms. The number of nitrogens with one attached hydrogen (secondary N) is 1. The Morgan fingerprint density at radius 2 is 1.65 bits per heavy atom. The Morgan fingerprint density at radius 3 is 2.30 bits per heavy atom. The Kier molecular flexibility index (Phi) is 3.77. The molecular formula is C15H12N4O3S. The van der Waals surface area contributed by atoms with Gasteiger partial charge in [0.1, 0.15) is 5.69 Å². The quantitative estimate of drug-likeness (QED) is 0.756. The lowest BCUT2D eigenvalue weighted by molar-refractivity contribution is 0.102. The molecule has 23 heavy (non-hydrogen) atoms. The van der Waals surface area contributed by atoms with Crippen molar-refractivity contribution >= 4 is 32.7 Å². The lowest BCUT2D eigenvalue weighted by atomic mass is 10.3. The highest BCUT2D eigenvalue weighted by Crippen LogP contribution is 2.14. The van der Waals surface area contributed by atoms with Crippen LogP contribution in [0.2, 0.25) is 0 Å². The van der Waals surface area contributed by atoms with Gasteiger partial charge in [-0.3, -0.25) is 9.78 Å². The van der Waals surface area contributed by atoms with Gasteiger partial charge >= 0.3 is 0 Å². The van der Waals surface area contributed by atoms with Gasteiger partial charge < -0.3 is 5.32 Å². The summed E-state index contributed by atoms with van der Waals surface area (Å²) in [6, 6.07) is 12.7. The van der Waals surface area contributed by atoms with Crippen molar-refractivity contribution in [3.05, 3.63) is 60.4 Å². The van der Waals surface area contributed by atoms with Crippen LogP contribution in [0.15, 0.2) is 59.6 Å². The predicted octanol–water partition coefficient (Wildman–Crippen LogP) is 1.53. The number of carbonyl (C=O) groups is 1. The van der Waals surface area contributed by atoms with Crippen molar-refractivity contribution in [2.45, 2.75) is 4.90 Å². The maximum absolute atomic E-state index is 12.2. The standard InChI is InChI=1S/C15H12N4O3S/c16-23(21,22)11-7-5-10(6-8-11)18-15(20)14-9-17-12-3-1-2-4-13(12)19-14/h1-9H,(H,18,20)(H2,16,21,22). The molecule has 0 saturated carbocycles. The highest BCUT2D eigenvalue weighted by molar-refractivity contribution is 7.89. The molecule has 1 heterocycles. The molecule has 0 unspecified atom stereocenters. The van der Waals surface area contributed by atoms with Crippen LogP contribution in [0.1, 0.15) is 10.5 Å². The van der Waals surface area contributed by atoms with E-state index >= 15 is 0 Å². The Bertz CT molecular complexity index is 985. The maximum atomic E-state index is 12.2. The van der Waals surface area contributed by atoms with Crippen LogP contribution in [0.25, 0.3) is 11.0 Å². The third-order valence-corrected chi connectivity index (χ3v) is 4.05. The number of benzene rings is 2. The molecule has 0 radical (unpaired) electrons. The minimum absolute atomic E-state index is 0.0269. The fraction of sp³-hybridized carbons (Fsp3) is 0. The Morgan fingerprint density at radius 1 is 1.00 bits per heavy atom. The van der Waals surface area contributed by atoms with E-state index in [9.17, 15) is 13.2 Å². The van der Waals surface area contributed by atoms with E-state index in [4.69, 9.17) is 5.14 Å². The van der Waals surface area contributed by atoms with Crippen molar-refractivity contribution in [3.8, 4) is 0 Å². The molecule has 2 aromatic carbocycles. The van der Waals surface area contributed by atoms with Gasteiger partial charge in [-0.25, -0.2) is 18.5 Å². The summed E-state index contributed by atoms with van der Waals surface area (Å²) in [5.41, 5.74) is 1.91. The summed E-state index contributed by atoms with van der Waals surface area (Å²) >= 11 is 0. The number of carbonyl (C=O) groups excluding carboxylic acids is 1. The van der Waals surface area contributed by atoms with Crippen molar-refractivity contribution < 1.29 is 13.2 Å². The number of amides is 1. The molecule has 0 spiro atoms. The van der Waals surface area contributed by atoms with E-state index in [0.29, 0.717) is 16.7 Å². The molecule has 116 valence electrons. The number of nitrogens with zero attached hydrogens (tertiary/aromatic N) is 2. The van der Waals surface area contributed by atoms with E-state index in [-0.39, 0.29) is 10.6 Å². The van der Waals surface area contributed by atoms with Crippen LogP contribution in [0.5, 0.6) is 0 Å². The predicted molar refractivity (Wildman–Crippen MR) is 85.3 cm³/mol. The first kappa shape index (κ1) is 15.1. The first-order valence-corrected chi connectivity index (χ1v) is 8.14. The van der Waals surface area contributed by atoms with Gasteiger partial charge in [0.05, 0.1) is 22.1 Å². The average molecular weight is 328 g/mol. The number of anilines is 1. The summed E-state index contributed by atoms with van der Waals surface area (Å²) in [5.74, 6) is -0.438. The zero-order valence-corrected chi connectivity index (χ0v) is 12.6. The van der Waals surface area contributed by atoms with Crippen LogP contribution in [-0.2, 0) is 10.0 Å². The molecule has 3 aromatic rings. The molecule has 1 amide bonds. The fourth-order valence-electron chi connectivity index (χ4n) is 1.99. The van der Waals surface area contributed by atoms with Crippen LogP contribution < -0.4 is 10.5 Å². The molecule has 0 aliphatic rings. The van der Waals surface area contributed by atoms with Gasteiger partial charge in [-0.1, -0.05) is 12.1 Å². The number of para-hydroxylation sites is 2. The van der Waals surface area contributed by atoms with Crippen LogP contribution in [0, 0.1) is 0 Å². The second-order valence-corrected chi connectivity index (χ2v) is 6.33. The molecule has 1 aromatic heterocycles. The van der Waals surface area contributed by atoms with Crippen molar-refractivity contribution in [2.75, 3.05) is 5.32 Å². The summed E-state index contributed by atoms with van der Waals surface area (Å²) in [7, 11) is -3.76. The Hall–Kier alpha value is -2.84. The van der Waals surface area contributed by atoms with Crippen LogP contribution >= 0.6 is 0 Å². The maximum Gasteiger partial charge on any atom is 0.275 e. The molecular weight excluding hydrogens is 316 g/mol. The lowest BCUT2D eigenvalue weighted by Crippen LogP contribution is -2.15. The second-order valence-electron chi connectivity index (χ2n) is 4.77. The molecule has 3 rings (SSSR count). The van der Waals surface area contributed by atoms with Gasteiger partial charge in [-0.15, -0.1) is 0 Å². The summed E-state index contributed by atoms with van der Waals surface area (Å²) in [5, 5.41) is 7.64. The second kappa shape index (κ2) is 5.75. The molecule has 7 nitrogen and oxygen atoms in total. The van der Waals surface area contributed by atoms with Gasteiger partial charge in [0.15, 0.2) is 0 Å². The number of nitrogens with two attached hydrogens (primary N) is 1. The highest BCUT2D eigenvalue weighted by Gasteiger charge is 2.11. The van der Waals surface area contributed by atoms with Crippen molar-refractivity contribution in [2.24, 2.45) is 5.14 Å². The Balaban J connectivity index is 1.82. The van der Waals surface area contributed by atoms with Gasteiger partial charge in [0.2, 0.25) is 10.0 Å². The number of aromatic nitrogens is 2. The lowest BCUT2D eigenvalue weighted by Gasteiger charge is -2.06. The third-order valence-electron chi connectivity index (χ3n) is 3.12. The zero-order chi connectivity index (χ0) is 16.4. The smallest absolute Gasteiger partial charge is 0.275 e. The fourth-order valence-corrected chi connectivity index (χ4v) is 2.51. The normalized spacial score (nSPS) is 11.3. The van der Waals surface area contributed by atoms with Gasteiger partial charge in [-0.05, 0) is 36.4 Å². The molecule has 0 aliphatic heterocycles. The zero-order valence-electron chi connectivity index (χ0n) is 11.8. The highest BCUT2D eigenvalue weighted by atomic mass is 32.2. The summed E-state index contributed by atoms with van der Waals surface area (Å²) in [4.78, 5) is 20.6. The van der Waals surface area contributed by atoms with E-state index in [1.54, 1.807) is 12.1 Å². The number of fused-ring (bicyclic) bond motifs is 1. The molecule has 0 aliphatic carbocycles. The number of hydrogen-bond acceptors (Lipinski definition) is 5. The molecule has 0 fully saturated rings. The van der Waals surface area contributed by atoms with Crippen LogP contribution in [-0.4, -0.2) is 24.3 Å². The number of primary sulfonamides is 1. The first-order valence-electron chi connectivity index (χ1n) is 6.59. The monoisotopic (exact) mass is 328 g/mol. The largest absolute Gasteiger partial charge is 0.321 e. The summed E-state index contributed by atoms with van der Waals surface area (Å²) in [6.45, 7) is 0. The van der Waals surface area contributed by atoms with Crippen LogP contribution in [0.3, 0.4) is 0 Å². The topological polar surface area (TPSA) is 115 Å². The van der Waals surface area contributed by atoms with E-state index in [2.05, 4.69) is 15.3 Å². The van der Waals surface area contributed by atoms with E-state index in [0.717, 1.165) is 0 Å². The minimum atomic E-state index is -3.76. The van der Waals surface area contributed by atoms with E-state index in [1.165, 1.54) is 30.5 Å². The SMILES string of the molecule is NS(=O)(=O)c1ccc(NC(=O)c2cnc3ccccc3n2)cc1. The molecule has 0 saturated heterocycles. The van der Waals surface area contributed by atoms with Gasteiger partial charge in [0.25, 0.3) is 5.91 Å². The summed E-state index contributed by atoms with van der Waals surface area (Å²) in [6.07, 6.45) is 1.39. The van der Waals surface area contributed by atoms with Gasteiger partial charge in [-0.2, -0.15) is 0 Å². The van der Waals surface area contributed by atoms with Crippen molar-refractivity contribution in [3.63, 3.8) is 0 Å². The molecule has 8 heteroatoms. The number of rotatable bonds is 3. The van der Waals surface area contributed by atoms with Crippen molar-refractivity contribution in [1.82, 2.24) is 9.97 Å². The first-order chi connectivity index (χ1) is 10.9. The molecule has 0 atom stereocenters. The van der Waals surface area contributed by atoms with E-state index < -0.39 is 15.9 Å². The van der Waals surface area contributed by atoms with Crippen molar-refractivity contribution in [1.29, 1.82) is 0 Å². The summed E-state index contributed by atoms with van der Waals surface area (Å²) < 4.78 is 22.4. The average Bonchev–Trinajstić information content (AvgIpc) is 2.54. The minimum Gasteiger partial charge on any atom is -0.321 e. The van der Waals surface area contributed by atoms with Crippen LogP contribution in [0.4, 0.5) is 5.69 Å². The third kappa shape index (κ3) is 3.33. The van der Waals surface area contributed by atoms with E-state index in [1.807, 2.05) is 12.1 Å². The van der Waals surface area contributed by atoms with Gasteiger partial charge in [0, 0.05) is 5.69 Å².